The lowest BCUT2D eigenvalue weighted by molar-refractivity contribution is -0.134. The molecule has 200 valence electrons. The maximum atomic E-state index is 13.3. The van der Waals surface area contributed by atoms with Gasteiger partial charge in [0, 0.05) is 6.42 Å². The first-order chi connectivity index (χ1) is 17.1. The van der Waals surface area contributed by atoms with E-state index in [0.717, 1.165) is 5.56 Å². The van der Waals surface area contributed by atoms with Gasteiger partial charge >= 0.3 is 0 Å². The summed E-state index contributed by atoms with van der Waals surface area (Å²) in [5.41, 5.74) is 22.7. The molecule has 0 bridgehead atoms. The largest absolute Gasteiger partial charge is 0.370 e. The van der Waals surface area contributed by atoms with Crippen LogP contribution in [0.2, 0.25) is 0 Å². The molecule has 1 rings (SSSR count). The Labute approximate surface area is 211 Å². The highest BCUT2D eigenvalue weighted by Gasteiger charge is 2.30. The third kappa shape index (κ3) is 11.3. The first-order valence-corrected chi connectivity index (χ1v) is 12.1. The number of primary amides is 2. The van der Waals surface area contributed by atoms with Crippen molar-refractivity contribution in [3.8, 4) is 0 Å². The minimum atomic E-state index is -1.32. The molecule has 1 aromatic rings. The Morgan fingerprint density at radius 3 is 1.94 bits per heavy atom. The molecule has 11 N–H and O–H groups in total. The van der Waals surface area contributed by atoms with Crippen molar-refractivity contribution in [1.82, 2.24) is 16.0 Å². The van der Waals surface area contributed by atoms with Crippen LogP contribution in [-0.2, 0) is 30.4 Å². The minimum Gasteiger partial charge on any atom is -0.370 e. The molecule has 0 fully saturated rings. The van der Waals surface area contributed by atoms with E-state index < -0.39 is 60.1 Å². The van der Waals surface area contributed by atoms with Crippen LogP contribution in [0.4, 0.5) is 0 Å². The van der Waals surface area contributed by atoms with E-state index >= 15 is 0 Å². The molecular formula is C24H39N7O5. The Kier molecular flexibility index (Phi) is 13.7. The maximum absolute atomic E-state index is 13.3. The normalized spacial score (nSPS) is 14.1. The number of amides is 5. The number of hydrogen-bond donors (Lipinski definition) is 7. The van der Waals surface area contributed by atoms with Gasteiger partial charge in [0.05, 0.1) is 12.5 Å². The number of carbonyl (C=O) groups excluding carboxylic acids is 5. The highest BCUT2D eigenvalue weighted by molar-refractivity contribution is 5.95. The van der Waals surface area contributed by atoms with Crippen molar-refractivity contribution in [2.75, 3.05) is 6.54 Å². The Bertz CT molecular complexity index is 881. The molecule has 0 aliphatic carbocycles. The lowest BCUT2D eigenvalue weighted by Crippen LogP contribution is -2.58. The number of rotatable bonds is 17. The SMILES string of the molecule is CCC[C@H](N)C(=O)N[C@@H](Cc1ccccc1)C(=O)N[C@@H](CCCCN)C(=O)N[C@@H](CC(N)=O)C(N)=O. The fourth-order valence-electron chi connectivity index (χ4n) is 3.51. The molecule has 0 spiro atoms. The molecule has 0 aliphatic heterocycles. The van der Waals surface area contributed by atoms with Crippen LogP contribution in [0.5, 0.6) is 0 Å². The number of hydrogen-bond acceptors (Lipinski definition) is 7. The van der Waals surface area contributed by atoms with Crippen LogP contribution >= 0.6 is 0 Å². The number of nitrogens with two attached hydrogens (primary N) is 4. The van der Waals surface area contributed by atoms with Gasteiger partial charge in [-0.2, -0.15) is 0 Å². The Morgan fingerprint density at radius 2 is 1.39 bits per heavy atom. The highest BCUT2D eigenvalue weighted by Crippen LogP contribution is 2.08. The van der Waals surface area contributed by atoms with Crippen molar-refractivity contribution >= 4 is 29.5 Å². The Hall–Kier alpha value is -3.51. The first-order valence-electron chi connectivity index (χ1n) is 12.1. The molecule has 0 radical (unpaired) electrons. The Balaban J connectivity index is 3.09. The van der Waals surface area contributed by atoms with Gasteiger partial charge in [-0.25, -0.2) is 0 Å². The molecule has 0 unspecified atom stereocenters. The smallest absolute Gasteiger partial charge is 0.243 e. The summed E-state index contributed by atoms with van der Waals surface area (Å²) in [7, 11) is 0. The van der Waals surface area contributed by atoms with Gasteiger partial charge < -0.3 is 38.9 Å². The van der Waals surface area contributed by atoms with Crippen LogP contribution in [-0.4, -0.2) is 60.2 Å². The summed E-state index contributed by atoms with van der Waals surface area (Å²) in [4.78, 5) is 61.7. The van der Waals surface area contributed by atoms with Gasteiger partial charge in [0.15, 0.2) is 0 Å². The van der Waals surface area contributed by atoms with Gasteiger partial charge in [-0.05, 0) is 37.8 Å². The van der Waals surface area contributed by atoms with Crippen LogP contribution in [0, 0.1) is 0 Å². The topological polar surface area (TPSA) is 226 Å². The van der Waals surface area contributed by atoms with Crippen molar-refractivity contribution < 1.29 is 24.0 Å². The summed E-state index contributed by atoms with van der Waals surface area (Å²) in [6.07, 6.45) is 2.13. The molecule has 1 aromatic carbocycles. The van der Waals surface area contributed by atoms with Crippen molar-refractivity contribution in [3.63, 3.8) is 0 Å². The Morgan fingerprint density at radius 1 is 0.806 bits per heavy atom. The average Bonchev–Trinajstić information content (AvgIpc) is 2.82. The van der Waals surface area contributed by atoms with E-state index in [1.54, 1.807) is 12.1 Å². The second kappa shape index (κ2) is 16.2. The van der Waals surface area contributed by atoms with Gasteiger partial charge in [-0.1, -0.05) is 43.7 Å². The predicted molar refractivity (Wildman–Crippen MR) is 135 cm³/mol. The second-order valence-electron chi connectivity index (χ2n) is 8.63. The fourth-order valence-corrected chi connectivity index (χ4v) is 3.51. The first kappa shape index (κ1) is 30.5. The van der Waals surface area contributed by atoms with Gasteiger partial charge in [-0.15, -0.1) is 0 Å². The third-order valence-electron chi connectivity index (χ3n) is 5.50. The summed E-state index contributed by atoms with van der Waals surface area (Å²) in [5.74, 6) is -3.55. The van der Waals surface area contributed by atoms with Crippen LogP contribution < -0.4 is 38.9 Å². The zero-order chi connectivity index (χ0) is 27.1. The zero-order valence-corrected chi connectivity index (χ0v) is 20.7. The molecular weight excluding hydrogens is 466 g/mol. The van der Waals surface area contributed by atoms with Gasteiger partial charge in [0.1, 0.15) is 18.1 Å². The summed E-state index contributed by atoms with van der Waals surface area (Å²) in [5, 5.41) is 7.71. The van der Waals surface area contributed by atoms with Crippen molar-refractivity contribution in [2.24, 2.45) is 22.9 Å². The van der Waals surface area contributed by atoms with E-state index in [-0.39, 0.29) is 12.8 Å². The van der Waals surface area contributed by atoms with Crippen molar-refractivity contribution in [2.45, 2.75) is 76.0 Å². The molecule has 4 atom stereocenters. The summed E-state index contributed by atoms with van der Waals surface area (Å²) >= 11 is 0. The average molecular weight is 506 g/mol. The number of carbonyl (C=O) groups is 5. The highest BCUT2D eigenvalue weighted by atomic mass is 16.2. The molecule has 12 heteroatoms. The van der Waals surface area contributed by atoms with E-state index in [4.69, 9.17) is 22.9 Å². The summed E-state index contributed by atoms with van der Waals surface area (Å²) < 4.78 is 0. The van der Waals surface area contributed by atoms with Crippen LogP contribution in [0.1, 0.15) is 51.0 Å². The third-order valence-corrected chi connectivity index (χ3v) is 5.50. The van der Waals surface area contributed by atoms with Gasteiger partial charge in [0.25, 0.3) is 0 Å². The molecule has 0 saturated heterocycles. The lowest BCUT2D eigenvalue weighted by Gasteiger charge is -2.25. The van der Waals surface area contributed by atoms with E-state index in [2.05, 4.69) is 16.0 Å². The molecule has 12 nitrogen and oxygen atoms in total. The van der Waals surface area contributed by atoms with Crippen LogP contribution in [0.25, 0.3) is 0 Å². The minimum absolute atomic E-state index is 0.167. The lowest BCUT2D eigenvalue weighted by atomic mass is 10.0. The maximum Gasteiger partial charge on any atom is 0.243 e. The molecule has 5 amide bonds. The molecule has 36 heavy (non-hydrogen) atoms. The second-order valence-corrected chi connectivity index (χ2v) is 8.63. The standard InChI is InChI=1S/C24H39N7O5/c1-2-8-16(26)22(34)31-19(13-15-9-4-3-5-10-15)24(36)29-17(11-6-7-12-25)23(35)30-18(21(28)33)14-20(27)32/h3-5,9-10,16-19H,2,6-8,11-14,25-26H2,1H3,(H2,27,32)(H2,28,33)(H,29,36)(H,30,35)(H,31,34)/t16-,17-,18-,19-/m0/s1. The van der Waals surface area contributed by atoms with Gasteiger partial charge in [-0.3, -0.25) is 24.0 Å². The van der Waals surface area contributed by atoms with Crippen molar-refractivity contribution in [3.05, 3.63) is 35.9 Å². The predicted octanol–water partition coefficient (Wildman–Crippen LogP) is -1.70. The van der Waals surface area contributed by atoms with Crippen molar-refractivity contribution in [1.29, 1.82) is 0 Å². The van der Waals surface area contributed by atoms with Crippen LogP contribution in [0.3, 0.4) is 0 Å². The van der Waals surface area contributed by atoms with E-state index in [1.807, 2.05) is 25.1 Å². The molecule has 0 aliphatic rings. The molecule has 0 heterocycles. The number of nitrogens with one attached hydrogen (secondary N) is 3. The van der Waals surface area contributed by atoms with Crippen LogP contribution in [0.15, 0.2) is 30.3 Å². The molecule has 0 saturated carbocycles. The van der Waals surface area contributed by atoms with E-state index in [0.29, 0.717) is 32.2 Å². The number of benzene rings is 1. The van der Waals surface area contributed by atoms with E-state index in [9.17, 15) is 24.0 Å². The summed E-state index contributed by atoms with van der Waals surface area (Å²) in [6, 6.07) is 4.87. The number of unbranched alkanes of at least 4 members (excludes halogenated alkanes) is 1. The molecule has 0 aromatic heterocycles. The zero-order valence-electron chi connectivity index (χ0n) is 20.7. The summed E-state index contributed by atoms with van der Waals surface area (Å²) in [6.45, 7) is 2.28. The van der Waals surface area contributed by atoms with Gasteiger partial charge in [0.2, 0.25) is 29.5 Å². The van der Waals surface area contributed by atoms with E-state index in [1.165, 1.54) is 0 Å². The fraction of sp³-hybridized carbons (Fsp3) is 0.542. The monoisotopic (exact) mass is 505 g/mol. The quantitative estimate of drug-likeness (QED) is 0.121.